The van der Waals surface area contributed by atoms with Gasteiger partial charge in [0.25, 0.3) is 0 Å². The molecule has 3 rings (SSSR count). The molecular weight excluding hydrogens is 270 g/mol. The summed E-state index contributed by atoms with van der Waals surface area (Å²) in [6.45, 7) is 4.10. The lowest BCUT2D eigenvalue weighted by molar-refractivity contribution is 0.188. The molecule has 0 bridgehead atoms. The molecule has 1 saturated heterocycles. The summed E-state index contributed by atoms with van der Waals surface area (Å²) in [7, 11) is 0. The predicted octanol–water partition coefficient (Wildman–Crippen LogP) is -0.474. The van der Waals surface area contributed by atoms with Crippen LogP contribution in [0.25, 0.3) is 11.0 Å². The van der Waals surface area contributed by atoms with Crippen molar-refractivity contribution in [2.24, 2.45) is 0 Å². The van der Waals surface area contributed by atoms with E-state index in [1.807, 2.05) is 0 Å². The molecule has 3 heterocycles. The quantitative estimate of drug-likeness (QED) is 0.698. The Hall–Kier alpha value is -2.37. The van der Waals surface area contributed by atoms with Gasteiger partial charge in [0, 0.05) is 38.9 Å². The van der Waals surface area contributed by atoms with E-state index in [0.717, 1.165) is 31.6 Å². The fourth-order valence-electron chi connectivity index (χ4n) is 2.67. The second-order valence-corrected chi connectivity index (χ2v) is 5.00. The number of anilines is 2. The molecule has 2 aromatic heterocycles. The van der Waals surface area contributed by atoms with Crippen molar-refractivity contribution in [1.82, 2.24) is 19.9 Å². The van der Waals surface area contributed by atoms with Gasteiger partial charge in [-0.15, -0.1) is 0 Å². The van der Waals surface area contributed by atoms with Gasteiger partial charge in [0.15, 0.2) is 0 Å². The smallest absolute Gasteiger partial charge is 0.223 e. The summed E-state index contributed by atoms with van der Waals surface area (Å²) in [5.74, 6) is 0.903. The van der Waals surface area contributed by atoms with Crippen LogP contribution in [0.3, 0.4) is 0 Å². The Morgan fingerprint density at radius 1 is 1.33 bits per heavy atom. The van der Waals surface area contributed by atoms with E-state index in [4.69, 9.17) is 10.8 Å². The zero-order chi connectivity index (χ0) is 14.8. The lowest BCUT2D eigenvalue weighted by Crippen LogP contribution is -2.47. The van der Waals surface area contributed by atoms with E-state index in [2.05, 4.69) is 30.8 Å². The minimum atomic E-state index is 0.168. The van der Waals surface area contributed by atoms with Gasteiger partial charge in [-0.05, 0) is 0 Å². The second kappa shape index (κ2) is 5.55. The number of nitrogens with zero attached hydrogens (tertiary/aromatic N) is 5. The SMILES string of the molecule is N#Cc1c[nH]c2nc(N)nc(N3CCN(CCO)CC3)c12. The Bertz CT molecular complexity index is 682. The number of nitrogen functional groups attached to an aromatic ring is 1. The third-order valence-corrected chi connectivity index (χ3v) is 3.74. The van der Waals surface area contributed by atoms with Gasteiger partial charge in [0.1, 0.15) is 17.5 Å². The molecule has 0 aliphatic carbocycles. The zero-order valence-electron chi connectivity index (χ0n) is 11.6. The van der Waals surface area contributed by atoms with E-state index in [1.54, 1.807) is 6.20 Å². The summed E-state index contributed by atoms with van der Waals surface area (Å²) in [5.41, 5.74) is 6.88. The number of aromatic amines is 1. The summed E-state index contributed by atoms with van der Waals surface area (Å²) >= 11 is 0. The fraction of sp³-hybridized carbons (Fsp3) is 0.462. The van der Waals surface area contributed by atoms with Crippen LogP contribution >= 0.6 is 0 Å². The van der Waals surface area contributed by atoms with E-state index >= 15 is 0 Å². The first-order valence-corrected chi connectivity index (χ1v) is 6.86. The van der Waals surface area contributed by atoms with E-state index in [0.29, 0.717) is 23.6 Å². The van der Waals surface area contributed by atoms with Gasteiger partial charge in [-0.3, -0.25) is 4.90 Å². The highest BCUT2D eigenvalue weighted by atomic mass is 16.3. The molecule has 0 unspecified atom stereocenters. The molecule has 1 fully saturated rings. The van der Waals surface area contributed by atoms with Crippen molar-refractivity contribution in [2.75, 3.05) is 50.0 Å². The van der Waals surface area contributed by atoms with E-state index in [9.17, 15) is 5.26 Å². The van der Waals surface area contributed by atoms with Crippen molar-refractivity contribution in [1.29, 1.82) is 5.26 Å². The summed E-state index contributed by atoms with van der Waals surface area (Å²) in [5, 5.41) is 18.9. The van der Waals surface area contributed by atoms with Crippen LogP contribution in [0.2, 0.25) is 0 Å². The van der Waals surface area contributed by atoms with Crippen molar-refractivity contribution >= 4 is 22.8 Å². The molecule has 0 radical (unpaired) electrons. The molecule has 2 aromatic rings. The Kier molecular flexibility index (Phi) is 3.60. The monoisotopic (exact) mass is 287 g/mol. The molecule has 0 spiro atoms. The molecule has 110 valence electrons. The Labute approximate surface area is 121 Å². The normalized spacial score (nSPS) is 16.3. The molecule has 1 aliphatic rings. The molecule has 4 N–H and O–H groups in total. The number of nitriles is 1. The zero-order valence-corrected chi connectivity index (χ0v) is 11.6. The standard InChI is InChI=1S/C13H17N7O/c14-7-9-8-16-11-10(9)12(18-13(15)17-11)20-3-1-19(2-4-20)5-6-21/h8,21H,1-6H2,(H3,15,16,17,18). The number of aliphatic hydroxyl groups is 1. The average molecular weight is 287 g/mol. The van der Waals surface area contributed by atoms with Crippen molar-refractivity contribution in [3.05, 3.63) is 11.8 Å². The van der Waals surface area contributed by atoms with Crippen molar-refractivity contribution in [2.45, 2.75) is 0 Å². The number of nitrogens with one attached hydrogen (secondary N) is 1. The molecule has 1 aliphatic heterocycles. The average Bonchev–Trinajstić information content (AvgIpc) is 2.90. The van der Waals surface area contributed by atoms with Crippen molar-refractivity contribution in [3.8, 4) is 6.07 Å². The maximum absolute atomic E-state index is 9.22. The van der Waals surface area contributed by atoms with Gasteiger partial charge in [0.2, 0.25) is 5.95 Å². The van der Waals surface area contributed by atoms with Crippen LogP contribution in [0.4, 0.5) is 11.8 Å². The first-order chi connectivity index (χ1) is 10.2. The highest BCUT2D eigenvalue weighted by Crippen LogP contribution is 2.28. The first-order valence-electron chi connectivity index (χ1n) is 6.86. The Morgan fingerprint density at radius 2 is 2.10 bits per heavy atom. The van der Waals surface area contributed by atoms with Crippen LogP contribution in [-0.4, -0.2) is 64.3 Å². The van der Waals surface area contributed by atoms with Gasteiger partial charge < -0.3 is 20.7 Å². The third kappa shape index (κ3) is 2.49. The number of aromatic nitrogens is 3. The highest BCUT2D eigenvalue weighted by molar-refractivity contribution is 5.93. The number of hydrogen-bond donors (Lipinski definition) is 3. The van der Waals surface area contributed by atoms with Crippen molar-refractivity contribution in [3.63, 3.8) is 0 Å². The van der Waals surface area contributed by atoms with Gasteiger partial charge in [-0.2, -0.15) is 15.2 Å². The Balaban J connectivity index is 1.94. The van der Waals surface area contributed by atoms with E-state index in [1.165, 1.54) is 0 Å². The van der Waals surface area contributed by atoms with Crippen LogP contribution in [0.5, 0.6) is 0 Å². The van der Waals surface area contributed by atoms with Crippen molar-refractivity contribution < 1.29 is 5.11 Å². The lowest BCUT2D eigenvalue weighted by atomic mass is 10.2. The number of β-amino-alcohol motifs (C(OH)–C–C–N with tert-alkyl or cyclic N) is 1. The van der Waals surface area contributed by atoms with E-state index in [-0.39, 0.29) is 12.6 Å². The third-order valence-electron chi connectivity index (χ3n) is 3.74. The second-order valence-electron chi connectivity index (χ2n) is 5.00. The van der Waals surface area contributed by atoms with Gasteiger partial charge in [-0.1, -0.05) is 0 Å². The molecular formula is C13H17N7O. The maximum atomic E-state index is 9.22. The molecule has 21 heavy (non-hydrogen) atoms. The number of rotatable bonds is 3. The largest absolute Gasteiger partial charge is 0.395 e. The minimum absolute atomic E-state index is 0.168. The molecule has 0 aromatic carbocycles. The number of H-pyrrole nitrogens is 1. The summed E-state index contributed by atoms with van der Waals surface area (Å²) < 4.78 is 0. The summed E-state index contributed by atoms with van der Waals surface area (Å²) in [6.07, 6.45) is 1.63. The van der Waals surface area contributed by atoms with Crippen LogP contribution in [0, 0.1) is 11.3 Å². The minimum Gasteiger partial charge on any atom is -0.395 e. The van der Waals surface area contributed by atoms with Crippen LogP contribution < -0.4 is 10.6 Å². The highest BCUT2D eigenvalue weighted by Gasteiger charge is 2.22. The fourth-order valence-corrected chi connectivity index (χ4v) is 2.67. The maximum Gasteiger partial charge on any atom is 0.223 e. The summed E-state index contributed by atoms with van der Waals surface area (Å²) in [6, 6.07) is 2.16. The van der Waals surface area contributed by atoms with Crippen LogP contribution in [0.15, 0.2) is 6.20 Å². The topological polar surface area (TPSA) is 118 Å². The lowest BCUT2D eigenvalue weighted by Gasteiger charge is -2.35. The predicted molar refractivity (Wildman–Crippen MR) is 78.8 cm³/mol. The first kappa shape index (κ1) is 13.6. The van der Waals surface area contributed by atoms with Gasteiger partial charge in [0.05, 0.1) is 17.6 Å². The summed E-state index contributed by atoms with van der Waals surface area (Å²) in [4.78, 5) is 15.7. The molecule has 0 amide bonds. The number of fused-ring (bicyclic) bond motifs is 1. The van der Waals surface area contributed by atoms with Gasteiger partial charge >= 0.3 is 0 Å². The molecule has 8 nitrogen and oxygen atoms in total. The Morgan fingerprint density at radius 3 is 2.76 bits per heavy atom. The van der Waals surface area contributed by atoms with E-state index < -0.39 is 0 Å². The molecule has 0 saturated carbocycles. The number of hydrogen-bond acceptors (Lipinski definition) is 7. The molecule has 8 heteroatoms. The number of piperazine rings is 1. The number of aliphatic hydroxyl groups excluding tert-OH is 1. The number of nitrogens with two attached hydrogens (primary N) is 1. The van der Waals surface area contributed by atoms with Crippen LogP contribution in [-0.2, 0) is 0 Å². The van der Waals surface area contributed by atoms with Gasteiger partial charge in [-0.25, -0.2) is 0 Å². The van der Waals surface area contributed by atoms with Crippen LogP contribution in [0.1, 0.15) is 5.56 Å². The molecule has 0 atom stereocenters.